The van der Waals surface area contributed by atoms with Gasteiger partial charge in [-0.2, -0.15) is 0 Å². The molecule has 1 aliphatic heterocycles. The lowest BCUT2D eigenvalue weighted by molar-refractivity contribution is 0.102. The molecule has 6 nitrogen and oxygen atoms in total. The lowest BCUT2D eigenvalue weighted by atomic mass is 10.1. The summed E-state index contributed by atoms with van der Waals surface area (Å²) in [6, 6.07) is 8.03. The minimum Gasteiger partial charge on any atom is -0.372 e. The van der Waals surface area contributed by atoms with Crippen LogP contribution < -0.4 is 15.5 Å². The Bertz CT molecular complexity index is 693. The van der Waals surface area contributed by atoms with Crippen LogP contribution in [-0.2, 0) is 0 Å². The van der Waals surface area contributed by atoms with E-state index in [0.29, 0.717) is 11.5 Å². The smallest absolute Gasteiger partial charge is 0.258 e. The molecule has 0 bridgehead atoms. The molecule has 0 unspecified atom stereocenters. The third kappa shape index (κ3) is 4.94. The summed E-state index contributed by atoms with van der Waals surface area (Å²) in [7, 11) is 0. The first-order valence-electron chi connectivity index (χ1n) is 9.48. The number of rotatable bonds is 7. The van der Waals surface area contributed by atoms with Gasteiger partial charge in [-0.1, -0.05) is 13.3 Å². The van der Waals surface area contributed by atoms with E-state index in [4.69, 9.17) is 0 Å². The van der Waals surface area contributed by atoms with Crippen molar-refractivity contribution >= 4 is 23.2 Å². The van der Waals surface area contributed by atoms with Gasteiger partial charge in [0.25, 0.3) is 5.91 Å². The number of anilines is 3. The summed E-state index contributed by atoms with van der Waals surface area (Å²) in [4.78, 5) is 23.1. The number of nitrogens with one attached hydrogen (secondary N) is 2. The second kappa shape index (κ2) is 9.17. The number of benzene rings is 1. The van der Waals surface area contributed by atoms with Crippen LogP contribution in [-0.4, -0.2) is 35.5 Å². The van der Waals surface area contributed by atoms with E-state index in [2.05, 4.69) is 44.6 Å². The minimum absolute atomic E-state index is 0.198. The summed E-state index contributed by atoms with van der Waals surface area (Å²) in [5.41, 5.74) is 2.44. The first-order valence-corrected chi connectivity index (χ1v) is 9.48. The summed E-state index contributed by atoms with van der Waals surface area (Å²) in [5.74, 6) is 0.358. The molecule has 0 spiro atoms. The quantitative estimate of drug-likeness (QED) is 0.738. The van der Waals surface area contributed by atoms with Gasteiger partial charge in [-0.05, 0) is 49.9 Å². The molecule has 0 atom stereocenters. The van der Waals surface area contributed by atoms with Crippen LogP contribution in [0.3, 0.4) is 0 Å². The van der Waals surface area contributed by atoms with Gasteiger partial charge in [0.1, 0.15) is 0 Å². The van der Waals surface area contributed by atoms with Crippen LogP contribution >= 0.6 is 0 Å². The van der Waals surface area contributed by atoms with E-state index in [1.54, 1.807) is 12.4 Å². The van der Waals surface area contributed by atoms with E-state index in [9.17, 15) is 4.79 Å². The van der Waals surface area contributed by atoms with Crippen molar-refractivity contribution in [1.29, 1.82) is 0 Å². The van der Waals surface area contributed by atoms with Gasteiger partial charge in [-0.25, -0.2) is 9.97 Å². The zero-order valence-electron chi connectivity index (χ0n) is 15.4. The molecule has 1 fully saturated rings. The summed E-state index contributed by atoms with van der Waals surface area (Å²) < 4.78 is 0. The van der Waals surface area contributed by atoms with Gasteiger partial charge in [-0.15, -0.1) is 0 Å². The average molecular weight is 353 g/mol. The number of unbranched alkanes of at least 4 members (excludes halogenated alkanes) is 1. The van der Waals surface area contributed by atoms with Crippen molar-refractivity contribution in [1.82, 2.24) is 9.97 Å². The molecular weight excluding hydrogens is 326 g/mol. The van der Waals surface area contributed by atoms with Crippen molar-refractivity contribution in [3.05, 3.63) is 42.2 Å². The fourth-order valence-electron chi connectivity index (χ4n) is 3.02. The van der Waals surface area contributed by atoms with Crippen molar-refractivity contribution in [2.24, 2.45) is 0 Å². The maximum absolute atomic E-state index is 12.4. The standard InChI is InChI=1S/C20H27N5O/c1-2-3-11-21-20-22-14-16(15-23-20)19(26)24-17-7-9-18(10-8-17)25-12-5-4-6-13-25/h7-10,14-15H,2-6,11-13H2,1H3,(H,24,26)(H,21,22,23). The Morgan fingerprint density at radius 2 is 1.77 bits per heavy atom. The number of aromatic nitrogens is 2. The molecule has 2 aromatic rings. The minimum atomic E-state index is -0.198. The van der Waals surface area contributed by atoms with E-state index < -0.39 is 0 Å². The third-order valence-corrected chi connectivity index (χ3v) is 4.57. The first-order chi connectivity index (χ1) is 12.8. The predicted molar refractivity (Wildman–Crippen MR) is 106 cm³/mol. The number of carbonyl (C=O) groups is 1. The third-order valence-electron chi connectivity index (χ3n) is 4.57. The number of hydrogen-bond donors (Lipinski definition) is 2. The molecule has 6 heteroatoms. The second-order valence-corrected chi connectivity index (χ2v) is 6.62. The Labute approximate surface area is 155 Å². The molecule has 138 valence electrons. The highest BCUT2D eigenvalue weighted by molar-refractivity contribution is 6.03. The van der Waals surface area contributed by atoms with Gasteiger partial charge >= 0.3 is 0 Å². The number of hydrogen-bond acceptors (Lipinski definition) is 5. The SMILES string of the molecule is CCCCNc1ncc(C(=O)Nc2ccc(N3CCCCC3)cc2)cn1. The molecule has 0 radical (unpaired) electrons. The molecule has 1 saturated heterocycles. The second-order valence-electron chi connectivity index (χ2n) is 6.62. The van der Waals surface area contributed by atoms with Crippen LogP contribution in [0.5, 0.6) is 0 Å². The highest BCUT2D eigenvalue weighted by Gasteiger charge is 2.11. The number of piperidine rings is 1. The van der Waals surface area contributed by atoms with E-state index in [1.807, 2.05) is 12.1 Å². The summed E-state index contributed by atoms with van der Waals surface area (Å²) in [5, 5.41) is 6.04. The lowest BCUT2D eigenvalue weighted by Gasteiger charge is -2.28. The van der Waals surface area contributed by atoms with E-state index in [0.717, 1.165) is 38.2 Å². The number of amides is 1. The molecule has 1 amide bonds. The van der Waals surface area contributed by atoms with E-state index in [-0.39, 0.29) is 5.91 Å². The van der Waals surface area contributed by atoms with E-state index in [1.165, 1.54) is 24.9 Å². The fourth-order valence-corrected chi connectivity index (χ4v) is 3.02. The lowest BCUT2D eigenvalue weighted by Crippen LogP contribution is -2.29. The zero-order valence-corrected chi connectivity index (χ0v) is 15.4. The zero-order chi connectivity index (χ0) is 18.2. The maximum Gasteiger partial charge on any atom is 0.258 e. The largest absolute Gasteiger partial charge is 0.372 e. The van der Waals surface area contributed by atoms with Crippen LogP contribution in [0.15, 0.2) is 36.7 Å². The van der Waals surface area contributed by atoms with Crippen molar-refractivity contribution in [3.8, 4) is 0 Å². The van der Waals surface area contributed by atoms with Crippen molar-refractivity contribution in [2.75, 3.05) is 35.2 Å². The molecule has 1 aromatic carbocycles. The van der Waals surface area contributed by atoms with Crippen LogP contribution in [0, 0.1) is 0 Å². The Balaban J connectivity index is 1.55. The molecule has 3 rings (SSSR count). The normalized spacial score (nSPS) is 14.1. The molecule has 1 aliphatic rings. The van der Waals surface area contributed by atoms with Crippen LogP contribution in [0.1, 0.15) is 49.4 Å². The van der Waals surface area contributed by atoms with E-state index >= 15 is 0 Å². The van der Waals surface area contributed by atoms with Crippen LogP contribution in [0.25, 0.3) is 0 Å². The highest BCUT2D eigenvalue weighted by atomic mass is 16.1. The van der Waals surface area contributed by atoms with Gasteiger partial charge in [-0.3, -0.25) is 4.79 Å². The van der Waals surface area contributed by atoms with Crippen LogP contribution in [0.4, 0.5) is 17.3 Å². The predicted octanol–water partition coefficient (Wildman–Crippen LogP) is 3.93. The van der Waals surface area contributed by atoms with Gasteiger partial charge in [0.05, 0.1) is 5.56 Å². The average Bonchev–Trinajstić information content (AvgIpc) is 2.70. The van der Waals surface area contributed by atoms with Gasteiger partial charge in [0, 0.05) is 43.4 Å². The Hall–Kier alpha value is -2.63. The molecule has 2 heterocycles. The number of carbonyl (C=O) groups excluding carboxylic acids is 1. The Morgan fingerprint density at radius 1 is 1.08 bits per heavy atom. The summed E-state index contributed by atoms with van der Waals surface area (Å²) in [6.07, 6.45) is 9.11. The number of nitrogens with zero attached hydrogens (tertiary/aromatic N) is 3. The van der Waals surface area contributed by atoms with Gasteiger partial charge < -0.3 is 15.5 Å². The van der Waals surface area contributed by atoms with Crippen molar-refractivity contribution < 1.29 is 4.79 Å². The Morgan fingerprint density at radius 3 is 2.42 bits per heavy atom. The van der Waals surface area contributed by atoms with Crippen LogP contribution in [0.2, 0.25) is 0 Å². The monoisotopic (exact) mass is 353 g/mol. The van der Waals surface area contributed by atoms with Crippen molar-refractivity contribution in [3.63, 3.8) is 0 Å². The topological polar surface area (TPSA) is 70.2 Å². The summed E-state index contributed by atoms with van der Waals surface area (Å²) >= 11 is 0. The Kier molecular flexibility index (Phi) is 6.41. The molecule has 26 heavy (non-hydrogen) atoms. The molecule has 0 aliphatic carbocycles. The fraction of sp³-hybridized carbons (Fsp3) is 0.450. The molecule has 1 aromatic heterocycles. The highest BCUT2D eigenvalue weighted by Crippen LogP contribution is 2.22. The molecular formula is C20H27N5O. The maximum atomic E-state index is 12.4. The van der Waals surface area contributed by atoms with Gasteiger partial charge in [0.2, 0.25) is 5.95 Å². The summed E-state index contributed by atoms with van der Waals surface area (Å²) in [6.45, 7) is 5.20. The molecule has 0 saturated carbocycles. The molecule has 2 N–H and O–H groups in total. The van der Waals surface area contributed by atoms with Crippen molar-refractivity contribution in [2.45, 2.75) is 39.0 Å². The first kappa shape index (κ1) is 18.2. The van der Waals surface area contributed by atoms with Gasteiger partial charge in [0.15, 0.2) is 0 Å².